The molecule has 1 fully saturated rings. The molecule has 1 amide bonds. The molecule has 0 aromatic carbocycles. The number of nitrogens with zero attached hydrogens (tertiary/aromatic N) is 6. The number of carbonyl (C=O) groups excluding carboxylic acids is 1. The number of hydrogen-bond acceptors (Lipinski definition) is 7. The summed E-state index contributed by atoms with van der Waals surface area (Å²) in [6, 6.07) is 3.86. The second-order valence-electron chi connectivity index (χ2n) is 7.51. The van der Waals surface area contributed by atoms with Crippen LogP contribution in [0.25, 0.3) is 6.08 Å². The fourth-order valence-corrected chi connectivity index (χ4v) is 4.31. The fourth-order valence-electron chi connectivity index (χ4n) is 3.64. The Morgan fingerprint density at radius 3 is 3.03 bits per heavy atom. The molecular weight excluding hydrogens is 398 g/mol. The van der Waals surface area contributed by atoms with E-state index in [4.69, 9.17) is 0 Å². The fraction of sp³-hybridized carbons (Fsp3) is 0.381. The zero-order chi connectivity index (χ0) is 20.9. The van der Waals surface area contributed by atoms with Gasteiger partial charge in [0.15, 0.2) is 5.13 Å². The average Bonchev–Trinajstić information content (AvgIpc) is 3.34. The molecule has 8 nitrogen and oxygen atoms in total. The molecule has 1 saturated heterocycles. The molecule has 4 rings (SSSR count). The number of carbonyl (C=O) groups is 1. The van der Waals surface area contributed by atoms with E-state index in [-0.39, 0.29) is 5.91 Å². The van der Waals surface area contributed by atoms with Gasteiger partial charge < -0.3 is 10.2 Å². The van der Waals surface area contributed by atoms with Gasteiger partial charge in [0.05, 0.1) is 5.69 Å². The molecule has 1 N–H and O–H groups in total. The van der Waals surface area contributed by atoms with E-state index in [0.717, 1.165) is 59.6 Å². The lowest BCUT2D eigenvalue weighted by Gasteiger charge is -2.32. The Balaban J connectivity index is 1.35. The SMILES string of the molecule is Cc1cnc(Nc2cc(CC3CCCN(C(=O)/C=C/c4ccnn4C)C3)ncn2)s1. The molecule has 1 unspecified atom stereocenters. The van der Waals surface area contributed by atoms with Gasteiger partial charge in [-0.15, -0.1) is 11.3 Å². The molecule has 4 heterocycles. The second-order valence-corrected chi connectivity index (χ2v) is 8.74. The first-order chi connectivity index (χ1) is 14.6. The van der Waals surface area contributed by atoms with Gasteiger partial charge >= 0.3 is 0 Å². The van der Waals surface area contributed by atoms with E-state index in [0.29, 0.717) is 5.92 Å². The van der Waals surface area contributed by atoms with E-state index in [2.05, 4.69) is 25.4 Å². The van der Waals surface area contributed by atoms with Crippen molar-refractivity contribution in [2.75, 3.05) is 18.4 Å². The van der Waals surface area contributed by atoms with Crippen LogP contribution in [0, 0.1) is 12.8 Å². The molecule has 0 radical (unpaired) electrons. The van der Waals surface area contributed by atoms with E-state index in [1.54, 1.807) is 34.6 Å². The molecular formula is C21H25N7OS. The van der Waals surface area contributed by atoms with Crippen molar-refractivity contribution in [3.8, 4) is 0 Å². The standard InChI is InChI=1S/C21H25N7OS/c1-15-12-22-21(30-15)26-19-11-17(23-14-24-19)10-16-4-3-9-28(13-16)20(29)6-5-18-7-8-25-27(18)2/h5-8,11-12,14,16H,3-4,9-10,13H2,1-2H3,(H,22,23,24,26)/b6-5+. The normalized spacial score (nSPS) is 16.9. The maximum Gasteiger partial charge on any atom is 0.246 e. The molecule has 1 atom stereocenters. The summed E-state index contributed by atoms with van der Waals surface area (Å²) in [5.74, 6) is 1.18. The zero-order valence-corrected chi connectivity index (χ0v) is 18.0. The first-order valence-corrected chi connectivity index (χ1v) is 10.8. The predicted octanol–water partition coefficient (Wildman–Crippen LogP) is 3.21. The molecule has 1 aliphatic heterocycles. The van der Waals surface area contributed by atoms with Gasteiger partial charge in [0.2, 0.25) is 5.91 Å². The van der Waals surface area contributed by atoms with Gasteiger partial charge in [-0.3, -0.25) is 9.48 Å². The predicted molar refractivity (Wildman–Crippen MR) is 117 cm³/mol. The highest BCUT2D eigenvalue weighted by Gasteiger charge is 2.23. The number of aryl methyl sites for hydroxylation is 2. The number of anilines is 2. The smallest absolute Gasteiger partial charge is 0.246 e. The van der Waals surface area contributed by atoms with E-state index in [1.165, 1.54) is 0 Å². The quantitative estimate of drug-likeness (QED) is 0.613. The van der Waals surface area contributed by atoms with Crippen molar-refractivity contribution < 1.29 is 4.79 Å². The van der Waals surface area contributed by atoms with Gasteiger partial charge in [-0.1, -0.05) is 0 Å². The van der Waals surface area contributed by atoms with Crippen molar-refractivity contribution in [3.05, 3.63) is 53.2 Å². The minimum atomic E-state index is 0.0464. The van der Waals surface area contributed by atoms with Gasteiger partial charge in [0.25, 0.3) is 0 Å². The highest BCUT2D eigenvalue weighted by Crippen LogP contribution is 2.23. The molecule has 1 aliphatic rings. The van der Waals surface area contributed by atoms with Crippen LogP contribution < -0.4 is 5.32 Å². The molecule has 3 aromatic rings. The Labute approximate surface area is 179 Å². The van der Waals surface area contributed by atoms with E-state index in [1.807, 2.05) is 43.3 Å². The van der Waals surface area contributed by atoms with Crippen molar-refractivity contribution in [3.63, 3.8) is 0 Å². The topological polar surface area (TPSA) is 88.8 Å². The summed E-state index contributed by atoms with van der Waals surface area (Å²) in [5.41, 5.74) is 1.89. The molecule has 9 heteroatoms. The minimum Gasteiger partial charge on any atom is -0.339 e. The third-order valence-corrected chi connectivity index (χ3v) is 5.99. The number of rotatable bonds is 6. The lowest BCUT2D eigenvalue weighted by molar-refractivity contribution is -0.127. The van der Waals surface area contributed by atoms with Crippen LogP contribution in [0.5, 0.6) is 0 Å². The Bertz CT molecular complexity index is 1040. The molecule has 0 spiro atoms. The van der Waals surface area contributed by atoms with E-state index < -0.39 is 0 Å². The summed E-state index contributed by atoms with van der Waals surface area (Å²) in [5, 5.41) is 8.19. The van der Waals surface area contributed by atoms with Gasteiger partial charge in [0.1, 0.15) is 12.1 Å². The highest BCUT2D eigenvalue weighted by atomic mass is 32.1. The lowest BCUT2D eigenvalue weighted by Crippen LogP contribution is -2.39. The Morgan fingerprint density at radius 2 is 2.27 bits per heavy atom. The van der Waals surface area contributed by atoms with Crippen LogP contribution >= 0.6 is 11.3 Å². The summed E-state index contributed by atoms with van der Waals surface area (Å²) < 4.78 is 1.75. The molecule has 0 aliphatic carbocycles. The van der Waals surface area contributed by atoms with E-state index >= 15 is 0 Å². The van der Waals surface area contributed by atoms with Crippen molar-refractivity contribution in [1.82, 2.24) is 29.6 Å². The molecule has 30 heavy (non-hydrogen) atoms. The van der Waals surface area contributed by atoms with Gasteiger partial charge in [-0.2, -0.15) is 5.10 Å². The first kappa shape index (κ1) is 20.2. The Kier molecular flexibility index (Phi) is 6.18. The summed E-state index contributed by atoms with van der Waals surface area (Å²) in [6.07, 6.45) is 11.5. The van der Waals surface area contributed by atoms with Crippen LogP contribution in [0.15, 0.2) is 36.9 Å². The first-order valence-electron chi connectivity index (χ1n) is 10.0. The van der Waals surface area contributed by atoms with Crippen molar-refractivity contribution in [1.29, 1.82) is 0 Å². The number of aromatic nitrogens is 5. The van der Waals surface area contributed by atoms with Crippen LogP contribution in [0.3, 0.4) is 0 Å². The van der Waals surface area contributed by atoms with Crippen molar-refractivity contribution in [2.45, 2.75) is 26.2 Å². The third-order valence-electron chi connectivity index (χ3n) is 5.16. The van der Waals surface area contributed by atoms with Crippen LogP contribution in [-0.2, 0) is 18.3 Å². The Morgan fingerprint density at radius 1 is 1.37 bits per heavy atom. The maximum atomic E-state index is 12.6. The zero-order valence-electron chi connectivity index (χ0n) is 17.2. The summed E-state index contributed by atoms with van der Waals surface area (Å²) in [7, 11) is 1.86. The summed E-state index contributed by atoms with van der Waals surface area (Å²) in [4.78, 5) is 28.8. The van der Waals surface area contributed by atoms with E-state index in [9.17, 15) is 4.79 Å². The van der Waals surface area contributed by atoms with Crippen LogP contribution in [0.4, 0.5) is 10.9 Å². The Hall–Kier alpha value is -3.07. The summed E-state index contributed by atoms with van der Waals surface area (Å²) >= 11 is 1.59. The second kappa shape index (κ2) is 9.17. The monoisotopic (exact) mass is 423 g/mol. The van der Waals surface area contributed by atoms with Crippen LogP contribution in [0.1, 0.15) is 29.1 Å². The molecule has 0 bridgehead atoms. The number of thiazole rings is 1. The number of likely N-dealkylation sites (tertiary alicyclic amines) is 1. The van der Waals surface area contributed by atoms with Gasteiger partial charge in [-0.05, 0) is 44.2 Å². The van der Waals surface area contributed by atoms with Crippen molar-refractivity contribution in [2.24, 2.45) is 13.0 Å². The largest absolute Gasteiger partial charge is 0.339 e. The van der Waals surface area contributed by atoms with Crippen LogP contribution in [0.2, 0.25) is 0 Å². The maximum absolute atomic E-state index is 12.6. The highest BCUT2D eigenvalue weighted by molar-refractivity contribution is 7.15. The lowest BCUT2D eigenvalue weighted by atomic mass is 9.93. The van der Waals surface area contributed by atoms with Gasteiger partial charge in [0, 0.05) is 55.2 Å². The minimum absolute atomic E-state index is 0.0464. The average molecular weight is 424 g/mol. The number of nitrogens with one attached hydrogen (secondary N) is 1. The molecule has 0 saturated carbocycles. The number of piperidine rings is 1. The van der Waals surface area contributed by atoms with Crippen LogP contribution in [-0.4, -0.2) is 48.6 Å². The number of hydrogen-bond donors (Lipinski definition) is 1. The van der Waals surface area contributed by atoms with Gasteiger partial charge in [-0.25, -0.2) is 15.0 Å². The van der Waals surface area contributed by atoms with Crippen molar-refractivity contribution >= 4 is 34.3 Å². The third kappa shape index (κ3) is 5.10. The molecule has 3 aromatic heterocycles. The molecule has 156 valence electrons. The number of amides is 1. The summed E-state index contributed by atoms with van der Waals surface area (Å²) in [6.45, 7) is 3.56.